The summed E-state index contributed by atoms with van der Waals surface area (Å²) in [5.41, 5.74) is 0.723. The number of rotatable bonds is 7. The predicted molar refractivity (Wildman–Crippen MR) is 107 cm³/mol. The fraction of sp³-hybridized carbons (Fsp3) is 0.167. The average Bonchev–Trinajstić information content (AvgIpc) is 3.13. The standard InChI is InChI=1S/C18H18N4O4S2/c1-12(2)26-15-11-7-6-10-14(15)22-28(24,25)18-21-20-17(27-18)19-16(23)13-8-4-3-5-9-13/h3-12,22H,1-2H3,(H,19,20,23). The van der Waals surface area contributed by atoms with E-state index in [0.29, 0.717) is 17.0 Å². The molecule has 1 aromatic heterocycles. The molecule has 2 aromatic carbocycles. The Morgan fingerprint density at radius 2 is 1.71 bits per heavy atom. The van der Waals surface area contributed by atoms with Crippen LogP contribution in [0.4, 0.5) is 10.8 Å². The van der Waals surface area contributed by atoms with Crippen molar-refractivity contribution in [3.05, 3.63) is 60.2 Å². The van der Waals surface area contributed by atoms with Crippen molar-refractivity contribution < 1.29 is 17.9 Å². The first-order chi connectivity index (χ1) is 13.3. The van der Waals surface area contributed by atoms with Crippen molar-refractivity contribution in [1.82, 2.24) is 10.2 Å². The maximum Gasteiger partial charge on any atom is 0.291 e. The van der Waals surface area contributed by atoms with Crippen LogP contribution in [0.1, 0.15) is 24.2 Å². The van der Waals surface area contributed by atoms with Gasteiger partial charge in [0.25, 0.3) is 20.3 Å². The first kappa shape index (κ1) is 19.8. The van der Waals surface area contributed by atoms with Crippen LogP contribution in [0.3, 0.4) is 0 Å². The molecule has 2 N–H and O–H groups in total. The summed E-state index contributed by atoms with van der Waals surface area (Å²) in [6.45, 7) is 3.69. The molecule has 0 fully saturated rings. The minimum absolute atomic E-state index is 0.0842. The lowest BCUT2D eigenvalue weighted by Crippen LogP contribution is -2.15. The van der Waals surface area contributed by atoms with Crippen LogP contribution in [-0.2, 0) is 10.0 Å². The highest BCUT2D eigenvalue weighted by atomic mass is 32.2. The summed E-state index contributed by atoms with van der Waals surface area (Å²) in [5.74, 6) is 0.00697. The molecular weight excluding hydrogens is 400 g/mol. The van der Waals surface area contributed by atoms with Crippen LogP contribution >= 0.6 is 11.3 Å². The zero-order valence-electron chi connectivity index (χ0n) is 15.1. The molecule has 0 unspecified atom stereocenters. The predicted octanol–water partition coefficient (Wildman–Crippen LogP) is 3.38. The number of para-hydroxylation sites is 2. The molecule has 0 saturated heterocycles. The number of ether oxygens (including phenoxy) is 1. The molecule has 0 spiro atoms. The topological polar surface area (TPSA) is 110 Å². The van der Waals surface area contributed by atoms with E-state index in [1.807, 2.05) is 13.8 Å². The Morgan fingerprint density at radius 1 is 1.04 bits per heavy atom. The highest BCUT2D eigenvalue weighted by molar-refractivity contribution is 7.94. The van der Waals surface area contributed by atoms with Crippen molar-refractivity contribution in [2.24, 2.45) is 0 Å². The van der Waals surface area contributed by atoms with E-state index in [-0.39, 0.29) is 15.6 Å². The largest absolute Gasteiger partial charge is 0.489 e. The monoisotopic (exact) mass is 418 g/mol. The third-order valence-corrected chi connectivity index (χ3v) is 5.96. The SMILES string of the molecule is CC(C)Oc1ccccc1NS(=O)(=O)c1nnc(NC(=O)c2ccccc2)s1. The van der Waals surface area contributed by atoms with Crippen molar-refractivity contribution in [3.63, 3.8) is 0 Å². The van der Waals surface area contributed by atoms with E-state index < -0.39 is 15.9 Å². The summed E-state index contributed by atoms with van der Waals surface area (Å²) < 4.78 is 33.1. The second-order valence-corrected chi connectivity index (χ2v) is 8.80. The van der Waals surface area contributed by atoms with Gasteiger partial charge < -0.3 is 4.74 Å². The number of anilines is 2. The lowest BCUT2D eigenvalue weighted by molar-refractivity contribution is 0.102. The lowest BCUT2D eigenvalue weighted by Gasteiger charge is -2.14. The number of nitrogens with zero attached hydrogens (tertiary/aromatic N) is 2. The molecule has 0 saturated carbocycles. The number of carbonyl (C=O) groups is 1. The number of amides is 1. The van der Waals surface area contributed by atoms with Crippen LogP contribution in [-0.4, -0.2) is 30.6 Å². The van der Waals surface area contributed by atoms with Gasteiger partial charge in [-0.2, -0.15) is 8.42 Å². The van der Waals surface area contributed by atoms with Gasteiger partial charge in [0, 0.05) is 5.56 Å². The van der Waals surface area contributed by atoms with Crippen LogP contribution < -0.4 is 14.8 Å². The normalized spacial score (nSPS) is 11.2. The van der Waals surface area contributed by atoms with Gasteiger partial charge in [0.1, 0.15) is 5.75 Å². The molecule has 10 heteroatoms. The number of sulfonamides is 1. The fourth-order valence-corrected chi connectivity index (χ4v) is 4.19. The second kappa shape index (κ2) is 8.36. The maximum atomic E-state index is 12.6. The van der Waals surface area contributed by atoms with E-state index in [2.05, 4.69) is 20.2 Å². The molecule has 3 aromatic rings. The molecule has 0 bridgehead atoms. The van der Waals surface area contributed by atoms with Gasteiger partial charge in [0.2, 0.25) is 5.13 Å². The Bertz CT molecular complexity index is 1070. The molecule has 1 amide bonds. The highest BCUT2D eigenvalue weighted by Gasteiger charge is 2.23. The Balaban J connectivity index is 1.76. The number of nitrogens with one attached hydrogen (secondary N) is 2. The smallest absolute Gasteiger partial charge is 0.291 e. The van der Waals surface area contributed by atoms with E-state index in [1.165, 1.54) is 0 Å². The zero-order chi connectivity index (χ0) is 20.1. The summed E-state index contributed by atoms with van der Waals surface area (Å²) in [6.07, 6.45) is -0.119. The van der Waals surface area contributed by atoms with E-state index in [0.717, 1.165) is 11.3 Å². The third-order valence-electron chi connectivity index (χ3n) is 3.39. The van der Waals surface area contributed by atoms with Crippen molar-refractivity contribution in [2.45, 2.75) is 24.3 Å². The summed E-state index contributed by atoms with van der Waals surface area (Å²) in [5, 5.41) is 10.1. The van der Waals surface area contributed by atoms with Gasteiger partial charge in [-0.3, -0.25) is 14.8 Å². The summed E-state index contributed by atoms with van der Waals surface area (Å²) >= 11 is 0.756. The number of carbonyl (C=O) groups excluding carboxylic acids is 1. The first-order valence-corrected chi connectivity index (χ1v) is 10.6. The van der Waals surface area contributed by atoms with Crippen molar-refractivity contribution in [1.29, 1.82) is 0 Å². The molecule has 0 radical (unpaired) electrons. The van der Waals surface area contributed by atoms with Crippen molar-refractivity contribution >= 4 is 38.1 Å². The van der Waals surface area contributed by atoms with E-state index in [1.54, 1.807) is 54.6 Å². The van der Waals surface area contributed by atoms with Gasteiger partial charge in [-0.1, -0.05) is 41.7 Å². The van der Waals surface area contributed by atoms with Crippen molar-refractivity contribution in [3.8, 4) is 5.75 Å². The van der Waals surface area contributed by atoms with Gasteiger partial charge in [-0.05, 0) is 38.1 Å². The molecule has 0 aliphatic carbocycles. The van der Waals surface area contributed by atoms with Gasteiger partial charge in [0.05, 0.1) is 11.8 Å². The highest BCUT2D eigenvalue weighted by Crippen LogP contribution is 2.29. The lowest BCUT2D eigenvalue weighted by atomic mass is 10.2. The second-order valence-electron chi connectivity index (χ2n) is 5.96. The fourth-order valence-electron chi connectivity index (χ4n) is 2.22. The minimum atomic E-state index is -3.99. The van der Waals surface area contributed by atoms with E-state index in [4.69, 9.17) is 4.74 Å². The Hall–Kier alpha value is -2.98. The van der Waals surface area contributed by atoms with Crippen LogP contribution in [0.25, 0.3) is 0 Å². The quantitative estimate of drug-likeness (QED) is 0.569. The summed E-state index contributed by atoms with van der Waals surface area (Å²) in [7, 11) is -3.99. The number of aromatic nitrogens is 2. The Morgan fingerprint density at radius 3 is 2.43 bits per heavy atom. The average molecular weight is 419 g/mol. The van der Waals surface area contributed by atoms with Crippen LogP contribution in [0.5, 0.6) is 5.75 Å². The van der Waals surface area contributed by atoms with Crippen molar-refractivity contribution in [2.75, 3.05) is 10.0 Å². The number of hydrogen-bond acceptors (Lipinski definition) is 7. The molecule has 0 aliphatic heterocycles. The Kier molecular flexibility index (Phi) is 5.90. The summed E-state index contributed by atoms with van der Waals surface area (Å²) in [4.78, 5) is 12.2. The van der Waals surface area contributed by atoms with Crippen LogP contribution in [0, 0.1) is 0 Å². The van der Waals surface area contributed by atoms with E-state index in [9.17, 15) is 13.2 Å². The number of benzene rings is 2. The third kappa shape index (κ3) is 4.84. The number of hydrogen-bond donors (Lipinski definition) is 2. The maximum absolute atomic E-state index is 12.6. The van der Waals surface area contributed by atoms with Crippen LogP contribution in [0.15, 0.2) is 58.9 Å². The molecular formula is C18H18N4O4S2. The molecule has 3 rings (SSSR count). The molecule has 146 valence electrons. The van der Waals surface area contributed by atoms with Gasteiger partial charge in [0.15, 0.2) is 0 Å². The first-order valence-electron chi connectivity index (χ1n) is 8.33. The Labute approximate surface area is 166 Å². The molecule has 28 heavy (non-hydrogen) atoms. The summed E-state index contributed by atoms with van der Waals surface area (Å²) in [6, 6.07) is 15.2. The van der Waals surface area contributed by atoms with Gasteiger partial charge >= 0.3 is 0 Å². The molecule has 1 heterocycles. The molecule has 8 nitrogen and oxygen atoms in total. The molecule has 0 aliphatic rings. The van der Waals surface area contributed by atoms with Crippen LogP contribution in [0.2, 0.25) is 0 Å². The van der Waals surface area contributed by atoms with E-state index >= 15 is 0 Å². The zero-order valence-corrected chi connectivity index (χ0v) is 16.8. The van der Waals surface area contributed by atoms with Gasteiger partial charge in [-0.25, -0.2) is 0 Å². The van der Waals surface area contributed by atoms with Gasteiger partial charge in [-0.15, -0.1) is 10.2 Å². The minimum Gasteiger partial charge on any atom is -0.489 e. The molecule has 0 atom stereocenters.